The second-order valence-electron chi connectivity index (χ2n) is 8.01. The number of methoxy groups -OCH3 is 1. The minimum Gasteiger partial charge on any atom is -0.480 e. The van der Waals surface area contributed by atoms with E-state index in [0.29, 0.717) is 16.2 Å². The Labute approximate surface area is 219 Å². The van der Waals surface area contributed by atoms with Gasteiger partial charge in [0.25, 0.3) is 15.6 Å². The fraction of sp³-hybridized carbons (Fsp3) is 0.217. The van der Waals surface area contributed by atoms with E-state index < -0.39 is 49.4 Å². The van der Waals surface area contributed by atoms with Crippen molar-refractivity contribution in [3.63, 3.8) is 0 Å². The predicted molar refractivity (Wildman–Crippen MR) is 138 cm³/mol. The smallest absolute Gasteiger partial charge is 0.267 e. The predicted octanol–water partition coefficient (Wildman–Crippen LogP) is 4.90. The van der Waals surface area contributed by atoms with E-state index in [9.17, 15) is 13.2 Å². The highest BCUT2D eigenvalue weighted by Gasteiger charge is 2.27. The van der Waals surface area contributed by atoms with Crippen molar-refractivity contribution in [2.24, 2.45) is 0 Å². The van der Waals surface area contributed by atoms with E-state index in [1.165, 1.54) is 41.9 Å². The standard InChI is InChI=1S/C23H20ClF2N5O4S2/c1-11(2)31-20-12(9-28-23(29-20)36-4)7-14(22(31)32)18-15(25)5-6-16(19(18)26)30-37(33,34)17-8-13(24)10-27-21(17)35-3/h5-11,30H,1-4H3. The van der Waals surface area contributed by atoms with E-state index in [1.807, 2.05) is 0 Å². The molecule has 14 heteroatoms. The summed E-state index contributed by atoms with van der Waals surface area (Å²) in [7, 11) is -3.27. The molecule has 4 aromatic rings. The average Bonchev–Trinajstić information content (AvgIpc) is 2.85. The summed E-state index contributed by atoms with van der Waals surface area (Å²) in [6.45, 7) is 3.46. The van der Waals surface area contributed by atoms with Crippen molar-refractivity contribution in [1.29, 1.82) is 0 Å². The third kappa shape index (κ3) is 4.98. The summed E-state index contributed by atoms with van der Waals surface area (Å²) in [5, 5.41) is 0.799. The van der Waals surface area contributed by atoms with Gasteiger partial charge in [0.05, 0.1) is 28.9 Å². The van der Waals surface area contributed by atoms with Gasteiger partial charge in [-0.05, 0) is 44.4 Å². The molecule has 0 aliphatic heterocycles. The summed E-state index contributed by atoms with van der Waals surface area (Å²) in [4.78, 5) is 25.4. The van der Waals surface area contributed by atoms with E-state index in [4.69, 9.17) is 16.3 Å². The molecule has 194 valence electrons. The molecule has 0 radical (unpaired) electrons. The quantitative estimate of drug-likeness (QED) is 0.248. The largest absolute Gasteiger partial charge is 0.480 e. The van der Waals surface area contributed by atoms with Crippen LogP contribution in [0.3, 0.4) is 0 Å². The summed E-state index contributed by atoms with van der Waals surface area (Å²) in [5.41, 5.74) is -2.01. The molecule has 3 aromatic heterocycles. The number of hydrogen-bond acceptors (Lipinski definition) is 8. The number of hydrogen-bond donors (Lipinski definition) is 1. The number of halogens is 3. The molecule has 0 unspecified atom stereocenters. The first-order valence-corrected chi connectivity index (χ1v) is 13.7. The fourth-order valence-electron chi connectivity index (χ4n) is 3.69. The number of fused-ring (bicyclic) bond motifs is 1. The summed E-state index contributed by atoms with van der Waals surface area (Å²) in [6.07, 6.45) is 4.41. The zero-order valence-electron chi connectivity index (χ0n) is 19.9. The van der Waals surface area contributed by atoms with Crippen LogP contribution >= 0.6 is 23.4 Å². The Morgan fingerprint density at radius 2 is 1.89 bits per heavy atom. The van der Waals surface area contributed by atoms with Crippen LogP contribution in [0.15, 0.2) is 51.5 Å². The van der Waals surface area contributed by atoms with E-state index >= 15 is 8.78 Å². The molecular weight excluding hydrogens is 548 g/mol. The minimum atomic E-state index is -4.48. The van der Waals surface area contributed by atoms with E-state index in [1.54, 1.807) is 20.1 Å². The number of thioether (sulfide) groups is 1. The van der Waals surface area contributed by atoms with Gasteiger partial charge in [0, 0.05) is 23.8 Å². The first-order chi connectivity index (χ1) is 17.5. The molecule has 0 aliphatic rings. The first kappa shape index (κ1) is 26.8. The van der Waals surface area contributed by atoms with Crippen LogP contribution in [0.4, 0.5) is 14.5 Å². The van der Waals surface area contributed by atoms with Crippen LogP contribution < -0.4 is 15.0 Å². The molecule has 0 fully saturated rings. The van der Waals surface area contributed by atoms with E-state index in [2.05, 4.69) is 19.7 Å². The molecule has 0 spiro atoms. The molecular formula is C23H20ClF2N5O4S2. The fourth-order valence-corrected chi connectivity index (χ4v) is 5.46. The van der Waals surface area contributed by atoms with Crippen molar-refractivity contribution < 1.29 is 21.9 Å². The number of nitrogens with one attached hydrogen (secondary N) is 1. The molecule has 0 bridgehead atoms. The first-order valence-electron chi connectivity index (χ1n) is 10.7. The van der Waals surface area contributed by atoms with Crippen molar-refractivity contribution in [2.75, 3.05) is 18.1 Å². The molecule has 4 rings (SSSR count). The number of nitrogens with zero attached hydrogens (tertiary/aromatic N) is 4. The topological polar surface area (TPSA) is 116 Å². The molecule has 1 aromatic carbocycles. The Bertz CT molecular complexity index is 1700. The van der Waals surface area contributed by atoms with Gasteiger partial charge in [-0.3, -0.25) is 14.1 Å². The van der Waals surface area contributed by atoms with Crippen LogP contribution in [0.2, 0.25) is 5.02 Å². The van der Waals surface area contributed by atoms with Gasteiger partial charge in [0.1, 0.15) is 11.5 Å². The van der Waals surface area contributed by atoms with Crippen molar-refractivity contribution in [3.8, 4) is 17.0 Å². The van der Waals surface area contributed by atoms with Crippen LogP contribution in [0.25, 0.3) is 22.2 Å². The number of rotatable bonds is 7. The van der Waals surface area contributed by atoms with Gasteiger partial charge in [-0.2, -0.15) is 0 Å². The van der Waals surface area contributed by atoms with Gasteiger partial charge in [-0.15, -0.1) is 0 Å². The van der Waals surface area contributed by atoms with Crippen LogP contribution in [0, 0.1) is 11.6 Å². The lowest BCUT2D eigenvalue weighted by molar-refractivity contribution is 0.385. The van der Waals surface area contributed by atoms with Gasteiger partial charge in [-0.25, -0.2) is 32.2 Å². The Balaban J connectivity index is 1.92. The molecule has 1 N–H and O–H groups in total. The lowest BCUT2D eigenvalue weighted by Crippen LogP contribution is -2.25. The number of aromatic nitrogens is 4. The SMILES string of the molecule is COc1ncc(Cl)cc1S(=O)(=O)Nc1ccc(F)c(-c2cc3cnc(SC)nc3n(C(C)C)c2=O)c1F. The number of ether oxygens (including phenoxy) is 1. The normalized spacial score (nSPS) is 11.8. The number of sulfonamides is 1. The van der Waals surface area contributed by atoms with Gasteiger partial charge in [-0.1, -0.05) is 23.4 Å². The highest BCUT2D eigenvalue weighted by atomic mass is 35.5. The molecule has 0 saturated carbocycles. The third-order valence-corrected chi connectivity index (χ3v) is 7.45. The lowest BCUT2D eigenvalue weighted by Gasteiger charge is -2.17. The molecule has 0 amide bonds. The van der Waals surface area contributed by atoms with Crippen molar-refractivity contribution >= 4 is 50.1 Å². The molecule has 3 heterocycles. The summed E-state index contributed by atoms with van der Waals surface area (Å²) < 4.78 is 65.2. The summed E-state index contributed by atoms with van der Waals surface area (Å²) in [5.74, 6) is -2.62. The number of benzene rings is 1. The highest BCUT2D eigenvalue weighted by Crippen LogP contribution is 2.33. The average molecular weight is 568 g/mol. The zero-order chi connectivity index (χ0) is 27.1. The monoisotopic (exact) mass is 567 g/mol. The number of anilines is 1. The molecule has 37 heavy (non-hydrogen) atoms. The maximum Gasteiger partial charge on any atom is 0.267 e. The maximum absolute atomic E-state index is 15.7. The Morgan fingerprint density at radius 3 is 2.54 bits per heavy atom. The van der Waals surface area contributed by atoms with Crippen LogP contribution in [0.5, 0.6) is 5.88 Å². The van der Waals surface area contributed by atoms with E-state index in [0.717, 1.165) is 18.2 Å². The van der Waals surface area contributed by atoms with Gasteiger partial charge >= 0.3 is 0 Å². The maximum atomic E-state index is 15.7. The van der Waals surface area contributed by atoms with Crippen LogP contribution in [-0.4, -0.2) is 41.3 Å². The lowest BCUT2D eigenvalue weighted by atomic mass is 10.0. The van der Waals surface area contributed by atoms with Crippen molar-refractivity contribution in [3.05, 3.63) is 63.7 Å². The minimum absolute atomic E-state index is 0.00121. The molecule has 0 saturated heterocycles. The Hall–Kier alpha value is -3.29. The Kier molecular flexibility index (Phi) is 7.40. The third-order valence-electron chi connectivity index (χ3n) is 5.32. The second-order valence-corrected chi connectivity index (χ2v) is 10.9. The molecule has 0 atom stereocenters. The van der Waals surface area contributed by atoms with Crippen LogP contribution in [0.1, 0.15) is 19.9 Å². The van der Waals surface area contributed by atoms with Crippen LogP contribution in [-0.2, 0) is 10.0 Å². The summed E-state index contributed by atoms with van der Waals surface area (Å²) >= 11 is 7.16. The second kappa shape index (κ2) is 10.2. The highest BCUT2D eigenvalue weighted by molar-refractivity contribution is 7.98. The Morgan fingerprint density at radius 1 is 1.16 bits per heavy atom. The molecule has 0 aliphatic carbocycles. The van der Waals surface area contributed by atoms with Crippen molar-refractivity contribution in [1.82, 2.24) is 19.5 Å². The van der Waals surface area contributed by atoms with E-state index in [-0.39, 0.29) is 16.5 Å². The number of pyridine rings is 2. The van der Waals surface area contributed by atoms with Gasteiger partial charge < -0.3 is 4.74 Å². The zero-order valence-corrected chi connectivity index (χ0v) is 22.3. The van der Waals surface area contributed by atoms with Gasteiger partial charge in [0.15, 0.2) is 15.9 Å². The summed E-state index contributed by atoms with van der Waals surface area (Å²) in [6, 6.07) is 3.72. The molecule has 9 nitrogen and oxygen atoms in total. The van der Waals surface area contributed by atoms with Gasteiger partial charge in [0.2, 0.25) is 5.88 Å². The van der Waals surface area contributed by atoms with Crippen molar-refractivity contribution in [2.45, 2.75) is 29.9 Å².